The third kappa shape index (κ3) is 5.11. The summed E-state index contributed by atoms with van der Waals surface area (Å²) < 4.78 is 16.7. The molecule has 1 aromatic carbocycles. The van der Waals surface area contributed by atoms with Crippen molar-refractivity contribution < 1.29 is 19.0 Å². The van der Waals surface area contributed by atoms with Crippen molar-refractivity contribution >= 4 is 11.7 Å². The first kappa shape index (κ1) is 16.1. The summed E-state index contributed by atoms with van der Waals surface area (Å²) >= 11 is 0. The molecule has 2 atom stereocenters. The van der Waals surface area contributed by atoms with Crippen LogP contribution in [0.4, 0.5) is 10.5 Å². The van der Waals surface area contributed by atoms with Gasteiger partial charge in [-0.05, 0) is 37.8 Å². The number of hydrogen-bond acceptors (Lipinski definition) is 4. The fraction of sp³-hybridized carbons (Fsp3) is 0.588. The minimum absolute atomic E-state index is 0.141. The van der Waals surface area contributed by atoms with Gasteiger partial charge in [-0.25, -0.2) is 4.79 Å². The Hall–Kier alpha value is -1.79. The smallest absolute Gasteiger partial charge is 0.319 e. The second kappa shape index (κ2) is 8.17. The van der Waals surface area contributed by atoms with Crippen LogP contribution in [0.1, 0.15) is 25.7 Å². The summed E-state index contributed by atoms with van der Waals surface area (Å²) in [6.45, 7) is 2.70. The molecule has 3 rings (SSSR count). The zero-order valence-electron chi connectivity index (χ0n) is 13.3. The minimum atomic E-state index is -0.225. The molecule has 23 heavy (non-hydrogen) atoms. The largest absolute Gasteiger partial charge is 0.491 e. The maximum Gasteiger partial charge on any atom is 0.319 e. The second-order valence-electron chi connectivity index (χ2n) is 5.94. The van der Waals surface area contributed by atoms with Crippen LogP contribution >= 0.6 is 0 Å². The Morgan fingerprint density at radius 1 is 1.17 bits per heavy atom. The lowest BCUT2D eigenvalue weighted by Gasteiger charge is -2.14. The fourth-order valence-electron chi connectivity index (χ4n) is 2.82. The molecule has 2 aliphatic heterocycles. The molecule has 2 saturated heterocycles. The minimum Gasteiger partial charge on any atom is -0.491 e. The lowest BCUT2D eigenvalue weighted by Crippen LogP contribution is -2.35. The normalized spacial score (nSPS) is 23.7. The maximum atomic E-state index is 11.9. The van der Waals surface area contributed by atoms with E-state index in [1.165, 1.54) is 0 Å². The summed E-state index contributed by atoms with van der Waals surface area (Å²) in [6, 6.07) is 7.17. The van der Waals surface area contributed by atoms with Gasteiger partial charge >= 0.3 is 6.03 Å². The van der Waals surface area contributed by atoms with E-state index < -0.39 is 0 Å². The topological polar surface area (TPSA) is 68.8 Å². The van der Waals surface area contributed by atoms with Crippen molar-refractivity contribution in [2.75, 3.05) is 31.7 Å². The number of urea groups is 1. The number of rotatable bonds is 6. The Balaban J connectivity index is 1.43. The summed E-state index contributed by atoms with van der Waals surface area (Å²) in [7, 11) is 0. The highest BCUT2D eigenvalue weighted by molar-refractivity contribution is 5.89. The van der Waals surface area contributed by atoms with Gasteiger partial charge in [0.25, 0.3) is 0 Å². The molecule has 6 nitrogen and oxygen atoms in total. The molecule has 1 aromatic rings. The number of benzene rings is 1. The van der Waals surface area contributed by atoms with Crippen molar-refractivity contribution in [3.8, 4) is 5.75 Å². The van der Waals surface area contributed by atoms with E-state index in [2.05, 4.69) is 10.6 Å². The fourth-order valence-corrected chi connectivity index (χ4v) is 2.82. The van der Waals surface area contributed by atoms with Crippen LogP contribution in [0.25, 0.3) is 0 Å². The second-order valence-corrected chi connectivity index (χ2v) is 5.94. The zero-order chi connectivity index (χ0) is 15.9. The van der Waals surface area contributed by atoms with Crippen molar-refractivity contribution in [2.24, 2.45) is 0 Å². The van der Waals surface area contributed by atoms with Crippen LogP contribution in [0, 0.1) is 0 Å². The van der Waals surface area contributed by atoms with Crippen molar-refractivity contribution in [3.05, 3.63) is 24.3 Å². The summed E-state index contributed by atoms with van der Waals surface area (Å²) in [5.41, 5.74) is 0.708. The summed E-state index contributed by atoms with van der Waals surface area (Å²) in [4.78, 5) is 11.9. The molecular formula is C17H24N2O4. The van der Waals surface area contributed by atoms with Gasteiger partial charge in [-0.2, -0.15) is 0 Å². The van der Waals surface area contributed by atoms with Crippen LogP contribution in [0.3, 0.4) is 0 Å². The number of carbonyl (C=O) groups is 1. The van der Waals surface area contributed by atoms with Gasteiger partial charge in [0.2, 0.25) is 0 Å². The van der Waals surface area contributed by atoms with Gasteiger partial charge in [0.05, 0.1) is 12.2 Å². The lowest BCUT2D eigenvalue weighted by atomic mass is 10.2. The first-order chi connectivity index (χ1) is 11.3. The maximum absolute atomic E-state index is 11.9. The molecule has 0 spiro atoms. The number of anilines is 1. The summed E-state index contributed by atoms with van der Waals surface area (Å²) in [5.74, 6) is 0.734. The molecule has 126 valence electrons. The van der Waals surface area contributed by atoms with E-state index in [0.29, 0.717) is 18.8 Å². The van der Waals surface area contributed by atoms with Crippen molar-refractivity contribution in [3.63, 3.8) is 0 Å². The van der Waals surface area contributed by atoms with Crippen molar-refractivity contribution in [2.45, 2.75) is 37.9 Å². The van der Waals surface area contributed by atoms with E-state index in [0.717, 1.165) is 44.6 Å². The Morgan fingerprint density at radius 2 is 1.96 bits per heavy atom. The Kier molecular flexibility index (Phi) is 5.71. The molecular weight excluding hydrogens is 296 g/mol. The quantitative estimate of drug-likeness (QED) is 0.845. The molecule has 0 radical (unpaired) electrons. The number of carbonyl (C=O) groups excluding carboxylic acids is 1. The predicted molar refractivity (Wildman–Crippen MR) is 86.9 cm³/mol. The Bertz CT molecular complexity index is 511. The number of amides is 2. The van der Waals surface area contributed by atoms with Crippen LogP contribution in [0.5, 0.6) is 5.75 Å². The number of ether oxygens (including phenoxy) is 3. The molecule has 2 amide bonds. The van der Waals surface area contributed by atoms with E-state index in [1.807, 2.05) is 24.3 Å². The molecule has 2 heterocycles. The average molecular weight is 320 g/mol. The van der Waals surface area contributed by atoms with Crippen molar-refractivity contribution in [1.29, 1.82) is 0 Å². The molecule has 2 aliphatic rings. The third-order valence-electron chi connectivity index (χ3n) is 4.07. The number of hydrogen-bond donors (Lipinski definition) is 2. The molecule has 2 N–H and O–H groups in total. The van der Waals surface area contributed by atoms with Gasteiger partial charge in [0, 0.05) is 31.5 Å². The summed E-state index contributed by atoms with van der Waals surface area (Å²) in [6.07, 6.45) is 4.54. The summed E-state index contributed by atoms with van der Waals surface area (Å²) in [5, 5.41) is 5.65. The van der Waals surface area contributed by atoms with Gasteiger partial charge < -0.3 is 24.8 Å². The van der Waals surface area contributed by atoms with Crippen LogP contribution in [0.15, 0.2) is 24.3 Å². The first-order valence-electron chi connectivity index (χ1n) is 8.30. The SMILES string of the molecule is O=C(NCC1CCCO1)Nc1cccc(OCC2CCCO2)c1. The predicted octanol–water partition coefficient (Wildman–Crippen LogP) is 2.54. The molecule has 0 bridgehead atoms. The van der Waals surface area contributed by atoms with Crippen LogP contribution in [0.2, 0.25) is 0 Å². The highest BCUT2D eigenvalue weighted by Crippen LogP contribution is 2.19. The van der Waals surface area contributed by atoms with Gasteiger partial charge in [-0.15, -0.1) is 0 Å². The molecule has 2 fully saturated rings. The molecule has 6 heteroatoms. The zero-order valence-corrected chi connectivity index (χ0v) is 13.3. The van der Waals surface area contributed by atoms with Gasteiger partial charge in [0.15, 0.2) is 0 Å². The van der Waals surface area contributed by atoms with E-state index in [4.69, 9.17) is 14.2 Å². The van der Waals surface area contributed by atoms with Crippen LogP contribution < -0.4 is 15.4 Å². The van der Waals surface area contributed by atoms with E-state index in [1.54, 1.807) is 0 Å². The van der Waals surface area contributed by atoms with E-state index in [-0.39, 0.29) is 18.2 Å². The Morgan fingerprint density at radius 3 is 2.70 bits per heavy atom. The highest BCUT2D eigenvalue weighted by Gasteiger charge is 2.17. The van der Waals surface area contributed by atoms with Gasteiger partial charge in [-0.3, -0.25) is 0 Å². The van der Waals surface area contributed by atoms with E-state index in [9.17, 15) is 4.79 Å². The monoisotopic (exact) mass is 320 g/mol. The molecule has 0 aliphatic carbocycles. The van der Waals surface area contributed by atoms with Gasteiger partial charge in [0.1, 0.15) is 12.4 Å². The van der Waals surface area contributed by atoms with Crippen molar-refractivity contribution in [1.82, 2.24) is 5.32 Å². The van der Waals surface area contributed by atoms with Crippen LogP contribution in [-0.4, -0.2) is 44.6 Å². The number of nitrogens with one attached hydrogen (secondary N) is 2. The first-order valence-corrected chi connectivity index (χ1v) is 8.30. The molecule has 0 saturated carbocycles. The van der Waals surface area contributed by atoms with Crippen LogP contribution in [-0.2, 0) is 9.47 Å². The standard InChI is InChI=1S/C17H24N2O4/c20-17(18-11-15-6-2-8-21-15)19-13-4-1-5-14(10-13)23-12-16-7-3-9-22-16/h1,4-5,10,15-16H,2-3,6-9,11-12H2,(H2,18,19,20). The lowest BCUT2D eigenvalue weighted by molar-refractivity contribution is 0.0680. The molecule has 0 aromatic heterocycles. The highest BCUT2D eigenvalue weighted by atomic mass is 16.5. The van der Waals surface area contributed by atoms with E-state index >= 15 is 0 Å². The molecule has 2 unspecified atom stereocenters. The average Bonchev–Trinajstić information content (AvgIpc) is 3.25. The van der Waals surface area contributed by atoms with Gasteiger partial charge in [-0.1, -0.05) is 6.07 Å². The third-order valence-corrected chi connectivity index (χ3v) is 4.07. The Labute approximate surface area is 136 Å².